The fourth-order valence-corrected chi connectivity index (χ4v) is 4.37. The molecule has 1 aromatic carbocycles. The smallest absolute Gasteiger partial charge is 0.0666 e. The van der Waals surface area contributed by atoms with Crippen molar-refractivity contribution in [2.75, 3.05) is 19.6 Å². The molecule has 8 heteroatoms. The first-order chi connectivity index (χ1) is 12.4. The Morgan fingerprint density at radius 2 is 1.64 bits per heavy atom. The predicted octanol–water partition coefficient (Wildman–Crippen LogP) is 2.32. The maximum atomic E-state index is 4.00. The average Bonchev–Trinajstić information content (AvgIpc) is 3.32. The molecule has 0 bridgehead atoms. The lowest BCUT2D eigenvalue weighted by molar-refractivity contribution is 0.0653. The third-order valence-electron chi connectivity index (χ3n) is 4.56. The van der Waals surface area contributed by atoms with E-state index in [4.69, 9.17) is 0 Å². The molecule has 1 aliphatic heterocycles. The summed E-state index contributed by atoms with van der Waals surface area (Å²) in [6.07, 6.45) is 4.83. The summed E-state index contributed by atoms with van der Waals surface area (Å²) in [7, 11) is 0. The van der Waals surface area contributed by atoms with Crippen LogP contribution in [0.1, 0.15) is 15.3 Å². The molecule has 1 fully saturated rings. The molecule has 0 saturated carbocycles. The molecule has 1 aliphatic rings. The molecule has 0 amide bonds. The van der Waals surface area contributed by atoms with Crippen molar-refractivity contribution in [2.24, 2.45) is 0 Å². The first kappa shape index (κ1) is 16.7. The van der Waals surface area contributed by atoms with E-state index in [0.29, 0.717) is 6.04 Å². The van der Waals surface area contributed by atoms with Gasteiger partial charge in [0.05, 0.1) is 22.1 Å². The minimum Gasteiger partial charge on any atom is -0.295 e. The number of benzene rings is 1. The highest BCUT2D eigenvalue weighted by atomic mass is 32.1. The Morgan fingerprint density at radius 3 is 2.32 bits per heavy atom. The topological polar surface area (TPSA) is 58.0 Å². The molecule has 1 unspecified atom stereocenters. The average molecular weight is 373 g/mol. The van der Waals surface area contributed by atoms with Crippen LogP contribution in [0.25, 0.3) is 0 Å². The van der Waals surface area contributed by atoms with Crippen LogP contribution in [0.15, 0.2) is 42.7 Å². The summed E-state index contributed by atoms with van der Waals surface area (Å²) in [5, 5.41) is 7.94. The fourth-order valence-electron chi connectivity index (χ4n) is 3.32. The molecule has 4 rings (SSSR count). The SMILES string of the molecule is c1ccc(CC2CN(Cc3cnns3)CCN2Cc2cnns2)cc1. The van der Waals surface area contributed by atoms with Crippen molar-refractivity contribution in [3.8, 4) is 0 Å². The summed E-state index contributed by atoms with van der Waals surface area (Å²) < 4.78 is 7.99. The van der Waals surface area contributed by atoms with Crippen molar-refractivity contribution >= 4 is 23.1 Å². The summed E-state index contributed by atoms with van der Waals surface area (Å²) in [5.41, 5.74) is 1.39. The van der Waals surface area contributed by atoms with Gasteiger partial charge in [0.1, 0.15) is 0 Å². The highest BCUT2D eigenvalue weighted by Crippen LogP contribution is 2.20. The Balaban J connectivity index is 1.46. The molecule has 6 nitrogen and oxygen atoms in total. The second-order valence-electron chi connectivity index (χ2n) is 6.32. The molecule has 25 heavy (non-hydrogen) atoms. The Bertz CT molecular complexity index is 747. The van der Waals surface area contributed by atoms with Crippen molar-refractivity contribution in [1.29, 1.82) is 0 Å². The maximum absolute atomic E-state index is 4.00. The van der Waals surface area contributed by atoms with Crippen LogP contribution >= 0.6 is 23.1 Å². The number of piperazine rings is 1. The van der Waals surface area contributed by atoms with Crippen LogP contribution in [0.3, 0.4) is 0 Å². The van der Waals surface area contributed by atoms with E-state index < -0.39 is 0 Å². The lowest BCUT2D eigenvalue weighted by Crippen LogP contribution is -2.53. The molecule has 0 radical (unpaired) electrons. The molecule has 0 spiro atoms. The predicted molar refractivity (Wildman–Crippen MR) is 99.4 cm³/mol. The van der Waals surface area contributed by atoms with E-state index in [1.807, 2.05) is 12.4 Å². The molecule has 3 heterocycles. The second-order valence-corrected chi connectivity index (χ2v) is 8.06. The Hall–Kier alpha value is -1.74. The number of hydrogen-bond donors (Lipinski definition) is 0. The van der Waals surface area contributed by atoms with Crippen molar-refractivity contribution in [2.45, 2.75) is 25.6 Å². The highest BCUT2D eigenvalue weighted by molar-refractivity contribution is 7.05. The van der Waals surface area contributed by atoms with Crippen LogP contribution in [-0.2, 0) is 19.5 Å². The van der Waals surface area contributed by atoms with Gasteiger partial charge in [0, 0.05) is 38.8 Å². The monoisotopic (exact) mass is 372 g/mol. The minimum atomic E-state index is 0.485. The molecular weight excluding hydrogens is 352 g/mol. The lowest BCUT2D eigenvalue weighted by atomic mass is 10.0. The zero-order chi connectivity index (χ0) is 16.9. The van der Waals surface area contributed by atoms with Gasteiger partial charge in [-0.2, -0.15) is 0 Å². The van der Waals surface area contributed by atoms with Gasteiger partial charge in [0.25, 0.3) is 0 Å². The van der Waals surface area contributed by atoms with E-state index in [0.717, 1.165) is 39.1 Å². The quantitative estimate of drug-likeness (QED) is 0.662. The van der Waals surface area contributed by atoms with Crippen LogP contribution in [0.5, 0.6) is 0 Å². The van der Waals surface area contributed by atoms with E-state index in [2.05, 4.69) is 59.3 Å². The summed E-state index contributed by atoms with van der Waals surface area (Å²) in [5.74, 6) is 0. The van der Waals surface area contributed by atoms with E-state index in [9.17, 15) is 0 Å². The van der Waals surface area contributed by atoms with Crippen molar-refractivity contribution in [3.05, 3.63) is 58.0 Å². The van der Waals surface area contributed by atoms with Crippen LogP contribution < -0.4 is 0 Å². The van der Waals surface area contributed by atoms with Gasteiger partial charge < -0.3 is 0 Å². The first-order valence-electron chi connectivity index (χ1n) is 8.39. The third kappa shape index (κ3) is 4.46. The third-order valence-corrected chi connectivity index (χ3v) is 5.85. The second kappa shape index (κ2) is 8.09. The Morgan fingerprint density at radius 1 is 0.920 bits per heavy atom. The van der Waals surface area contributed by atoms with Crippen LogP contribution in [0, 0.1) is 0 Å². The molecular formula is C17H20N6S2. The molecule has 0 N–H and O–H groups in total. The summed E-state index contributed by atoms with van der Waals surface area (Å²) >= 11 is 2.99. The Labute approximate surface area is 155 Å². The molecule has 1 saturated heterocycles. The van der Waals surface area contributed by atoms with Gasteiger partial charge in [-0.15, -0.1) is 10.2 Å². The van der Waals surface area contributed by atoms with Gasteiger partial charge in [0.15, 0.2) is 0 Å². The highest BCUT2D eigenvalue weighted by Gasteiger charge is 2.28. The molecule has 1 atom stereocenters. The summed E-state index contributed by atoms with van der Waals surface area (Å²) in [6.45, 7) is 5.06. The first-order valence-corrected chi connectivity index (χ1v) is 9.94. The number of hydrogen-bond acceptors (Lipinski definition) is 8. The molecule has 130 valence electrons. The zero-order valence-electron chi connectivity index (χ0n) is 13.9. The fraction of sp³-hybridized carbons (Fsp3) is 0.412. The van der Waals surface area contributed by atoms with Crippen molar-refractivity contribution < 1.29 is 0 Å². The van der Waals surface area contributed by atoms with Crippen molar-refractivity contribution in [3.63, 3.8) is 0 Å². The number of rotatable bonds is 6. The zero-order valence-corrected chi connectivity index (χ0v) is 15.5. The largest absolute Gasteiger partial charge is 0.295 e. The molecule has 2 aromatic heterocycles. The van der Waals surface area contributed by atoms with Gasteiger partial charge in [-0.1, -0.05) is 39.3 Å². The number of nitrogens with zero attached hydrogens (tertiary/aromatic N) is 6. The lowest BCUT2D eigenvalue weighted by Gasteiger charge is -2.41. The van der Waals surface area contributed by atoms with E-state index >= 15 is 0 Å². The van der Waals surface area contributed by atoms with Crippen molar-refractivity contribution in [1.82, 2.24) is 29.0 Å². The van der Waals surface area contributed by atoms with Gasteiger partial charge in [-0.05, 0) is 35.0 Å². The van der Waals surface area contributed by atoms with E-state index in [1.165, 1.54) is 38.4 Å². The van der Waals surface area contributed by atoms with E-state index in [-0.39, 0.29) is 0 Å². The van der Waals surface area contributed by atoms with Crippen LogP contribution in [0.2, 0.25) is 0 Å². The van der Waals surface area contributed by atoms with Gasteiger partial charge in [-0.25, -0.2) is 0 Å². The van der Waals surface area contributed by atoms with E-state index in [1.54, 1.807) is 0 Å². The summed E-state index contributed by atoms with van der Waals surface area (Å²) in [4.78, 5) is 7.56. The summed E-state index contributed by atoms with van der Waals surface area (Å²) in [6, 6.07) is 11.2. The molecule has 0 aliphatic carbocycles. The van der Waals surface area contributed by atoms with Gasteiger partial charge in [0.2, 0.25) is 0 Å². The normalized spacial score (nSPS) is 19.3. The van der Waals surface area contributed by atoms with Crippen LogP contribution in [0.4, 0.5) is 0 Å². The van der Waals surface area contributed by atoms with Crippen LogP contribution in [-0.4, -0.2) is 54.6 Å². The van der Waals surface area contributed by atoms with Gasteiger partial charge >= 0.3 is 0 Å². The van der Waals surface area contributed by atoms with Gasteiger partial charge in [-0.3, -0.25) is 9.80 Å². The maximum Gasteiger partial charge on any atom is 0.0666 e. The minimum absolute atomic E-state index is 0.485. The number of aromatic nitrogens is 4. The Kier molecular flexibility index (Phi) is 5.41. The standard InChI is InChI=1S/C17H20N6S2/c1-2-4-14(5-3-1)8-15-11-22(12-16-9-18-20-24-16)6-7-23(15)13-17-10-19-21-25-17/h1-5,9-10,15H,6-8,11-13H2. The molecule has 3 aromatic rings.